The molecule has 6 nitrogen and oxygen atoms in total. The summed E-state index contributed by atoms with van der Waals surface area (Å²) in [5.41, 5.74) is 1.85. The average Bonchev–Trinajstić information content (AvgIpc) is 3.23. The van der Waals surface area contributed by atoms with Crippen molar-refractivity contribution in [3.63, 3.8) is 0 Å². The van der Waals surface area contributed by atoms with Gasteiger partial charge in [0.15, 0.2) is 0 Å². The van der Waals surface area contributed by atoms with Crippen molar-refractivity contribution in [2.24, 2.45) is 0 Å². The molecule has 0 spiro atoms. The molecular weight excluding hydrogens is 311 g/mol. The molecule has 1 aliphatic heterocycles. The molecule has 1 unspecified atom stereocenters. The summed E-state index contributed by atoms with van der Waals surface area (Å²) in [6, 6.07) is 6.46. The van der Waals surface area contributed by atoms with Crippen LogP contribution in [0.15, 0.2) is 36.7 Å². The van der Waals surface area contributed by atoms with Crippen molar-refractivity contribution >= 4 is 6.09 Å². The predicted octanol–water partition coefficient (Wildman–Crippen LogP) is 2.33. The van der Waals surface area contributed by atoms with Crippen molar-refractivity contribution in [1.29, 1.82) is 0 Å². The maximum Gasteiger partial charge on any atom is 0.409 e. The number of aromatic nitrogens is 2. The second-order valence-corrected chi connectivity index (χ2v) is 5.78. The van der Waals surface area contributed by atoms with Gasteiger partial charge in [0.25, 0.3) is 0 Å². The Balaban J connectivity index is 1.51. The minimum atomic E-state index is -0.264. The highest BCUT2D eigenvalue weighted by molar-refractivity contribution is 5.68. The van der Waals surface area contributed by atoms with E-state index in [1.807, 2.05) is 13.1 Å². The lowest BCUT2D eigenvalue weighted by Crippen LogP contribution is -2.35. The molecule has 2 heterocycles. The Bertz CT molecular complexity index is 686. The van der Waals surface area contributed by atoms with E-state index in [-0.39, 0.29) is 18.0 Å². The third-order valence-electron chi connectivity index (χ3n) is 4.04. The first-order valence-electron chi connectivity index (χ1n) is 8.10. The van der Waals surface area contributed by atoms with Crippen LogP contribution in [0.2, 0.25) is 0 Å². The maximum atomic E-state index is 13.0. The summed E-state index contributed by atoms with van der Waals surface area (Å²) < 4.78 is 19.7. The van der Waals surface area contributed by atoms with E-state index in [0.29, 0.717) is 26.2 Å². The zero-order valence-corrected chi connectivity index (χ0v) is 13.6. The molecule has 1 fully saturated rings. The molecule has 1 amide bonds. The number of hydrogen-bond donors (Lipinski definition) is 1. The van der Waals surface area contributed by atoms with Crippen molar-refractivity contribution in [3.05, 3.63) is 48.0 Å². The Labute approximate surface area is 140 Å². The summed E-state index contributed by atoms with van der Waals surface area (Å²) in [6.07, 6.45) is 4.36. The van der Waals surface area contributed by atoms with Gasteiger partial charge in [-0.3, -0.25) is 0 Å². The van der Waals surface area contributed by atoms with Crippen LogP contribution in [0.5, 0.6) is 0 Å². The number of amides is 1. The predicted molar refractivity (Wildman–Crippen MR) is 87.4 cm³/mol. The SMILES string of the molecule is CCOC(=O)N1CCC(NCc2cnn(-c3ccc(F)cc3)c2)C1. The largest absolute Gasteiger partial charge is 0.450 e. The topological polar surface area (TPSA) is 59.4 Å². The summed E-state index contributed by atoms with van der Waals surface area (Å²) in [5, 5.41) is 7.73. The van der Waals surface area contributed by atoms with Crippen molar-refractivity contribution in [2.45, 2.75) is 25.9 Å². The zero-order chi connectivity index (χ0) is 16.9. The number of ether oxygens (including phenoxy) is 1. The molecule has 0 aliphatic carbocycles. The van der Waals surface area contributed by atoms with Crippen LogP contribution in [0, 0.1) is 5.82 Å². The fraction of sp³-hybridized carbons (Fsp3) is 0.412. The lowest BCUT2D eigenvalue weighted by molar-refractivity contribution is 0.115. The van der Waals surface area contributed by atoms with Crippen LogP contribution >= 0.6 is 0 Å². The summed E-state index contributed by atoms with van der Waals surface area (Å²) in [6.45, 7) is 4.25. The van der Waals surface area contributed by atoms with E-state index in [1.165, 1.54) is 12.1 Å². The molecule has 128 valence electrons. The minimum Gasteiger partial charge on any atom is -0.450 e. The number of rotatable bonds is 5. The van der Waals surface area contributed by atoms with Gasteiger partial charge < -0.3 is 15.0 Å². The van der Waals surface area contributed by atoms with Gasteiger partial charge in [0.1, 0.15) is 5.82 Å². The van der Waals surface area contributed by atoms with Crippen LogP contribution in [0.3, 0.4) is 0 Å². The van der Waals surface area contributed by atoms with Gasteiger partial charge in [0.2, 0.25) is 0 Å². The van der Waals surface area contributed by atoms with Gasteiger partial charge in [-0.1, -0.05) is 0 Å². The molecule has 1 aliphatic rings. The average molecular weight is 332 g/mol. The molecule has 0 saturated carbocycles. The Kier molecular flexibility index (Phi) is 5.10. The molecule has 1 N–H and O–H groups in total. The van der Waals surface area contributed by atoms with Gasteiger partial charge in [0, 0.05) is 37.4 Å². The highest BCUT2D eigenvalue weighted by Gasteiger charge is 2.26. The Morgan fingerprint density at radius 3 is 2.96 bits per heavy atom. The number of halogens is 1. The van der Waals surface area contributed by atoms with E-state index < -0.39 is 0 Å². The fourth-order valence-corrected chi connectivity index (χ4v) is 2.76. The summed E-state index contributed by atoms with van der Waals surface area (Å²) in [5.74, 6) is -0.264. The molecule has 2 aromatic rings. The van der Waals surface area contributed by atoms with Gasteiger partial charge in [-0.25, -0.2) is 13.9 Å². The quantitative estimate of drug-likeness (QED) is 0.913. The summed E-state index contributed by atoms with van der Waals surface area (Å²) in [7, 11) is 0. The highest BCUT2D eigenvalue weighted by Crippen LogP contribution is 2.13. The van der Waals surface area contributed by atoms with Crippen molar-refractivity contribution in [1.82, 2.24) is 20.0 Å². The van der Waals surface area contributed by atoms with Crippen molar-refractivity contribution in [3.8, 4) is 5.69 Å². The van der Waals surface area contributed by atoms with Crippen LogP contribution in [-0.4, -0.2) is 46.5 Å². The second kappa shape index (κ2) is 7.44. The monoisotopic (exact) mass is 332 g/mol. The third kappa shape index (κ3) is 3.91. The second-order valence-electron chi connectivity index (χ2n) is 5.78. The highest BCUT2D eigenvalue weighted by atomic mass is 19.1. The first-order valence-corrected chi connectivity index (χ1v) is 8.10. The van der Waals surface area contributed by atoms with Crippen LogP contribution in [0.1, 0.15) is 18.9 Å². The Hall–Kier alpha value is -2.41. The molecule has 0 radical (unpaired) electrons. The number of hydrogen-bond acceptors (Lipinski definition) is 4. The van der Waals surface area contributed by atoms with E-state index in [2.05, 4.69) is 10.4 Å². The molecule has 1 saturated heterocycles. The van der Waals surface area contributed by atoms with Gasteiger partial charge in [-0.2, -0.15) is 5.10 Å². The maximum absolute atomic E-state index is 13.0. The van der Waals surface area contributed by atoms with Crippen molar-refractivity contribution < 1.29 is 13.9 Å². The van der Waals surface area contributed by atoms with E-state index in [0.717, 1.165) is 17.7 Å². The molecule has 1 aromatic carbocycles. The summed E-state index contributed by atoms with van der Waals surface area (Å²) in [4.78, 5) is 13.4. The number of likely N-dealkylation sites (tertiary alicyclic amines) is 1. The smallest absolute Gasteiger partial charge is 0.409 e. The van der Waals surface area contributed by atoms with Crippen LogP contribution < -0.4 is 5.32 Å². The number of carbonyl (C=O) groups is 1. The Morgan fingerprint density at radius 2 is 2.21 bits per heavy atom. The first kappa shape index (κ1) is 16.4. The molecular formula is C17H21FN4O2. The molecule has 1 atom stereocenters. The molecule has 1 aromatic heterocycles. The normalized spacial score (nSPS) is 17.2. The van der Waals surface area contributed by atoms with Gasteiger partial charge >= 0.3 is 6.09 Å². The molecule has 3 rings (SSSR count). The Morgan fingerprint density at radius 1 is 1.42 bits per heavy atom. The van der Waals surface area contributed by atoms with Crippen LogP contribution in [0.25, 0.3) is 5.69 Å². The van der Waals surface area contributed by atoms with Crippen LogP contribution in [0.4, 0.5) is 9.18 Å². The standard InChI is InChI=1S/C17H21FN4O2/c1-2-24-17(23)21-8-7-15(12-21)19-9-13-10-20-22(11-13)16-5-3-14(18)4-6-16/h3-6,10-11,15,19H,2,7-9,12H2,1H3. The number of nitrogens with one attached hydrogen (secondary N) is 1. The third-order valence-corrected chi connectivity index (χ3v) is 4.04. The van der Waals surface area contributed by atoms with Gasteiger partial charge in [-0.15, -0.1) is 0 Å². The fourth-order valence-electron chi connectivity index (χ4n) is 2.76. The van der Waals surface area contributed by atoms with Crippen molar-refractivity contribution in [2.75, 3.05) is 19.7 Å². The number of benzene rings is 1. The lowest BCUT2D eigenvalue weighted by Gasteiger charge is -2.16. The van der Waals surface area contributed by atoms with E-state index in [4.69, 9.17) is 4.74 Å². The van der Waals surface area contributed by atoms with Crippen LogP contribution in [-0.2, 0) is 11.3 Å². The molecule has 7 heteroatoms. The summed E-state index contributed by atoms with van der Waals surface area (Å²) >= 11 is 0. The molecule has 24 heavy (non-hydrogen) atoms. The van der Waals surface area contributed by atoms with Gasteiger partial charge in [-0.05, 0) is 37.6 Å². The lowest BCUT2D eigenvalue weighted by atomic mass is 10.2. The first-order chi connectivity index (χ1) is 11.7. The van der Waals surface area contributed by atoms with E-state index >= 15 is 0 Å². The number of carbonyl (C=O) groups excluding carboxylic acids is 1. The van der Waals surface area contributed by atoms with E-state index in [1.54, 1.807) is 27.9 Å². The van der Waals surface area contributed by atoms with E-state index in [9.17, 15) is 9.18 Å². The zero-order valence-electron chi connectivity index (χ0n) is 13.6. The number of nitrogens with zero attached hydrogens (tertiary/aromatic N) is 3. The minimum absolute atomic E-state index is 0.245. The molecule has 0 bridgehead atoms. The van der Waals surface area contributed by atoms with Gasteiger partial charge in [0.05, 0.1) is 18.5 Å².